The minimum Gasteiger partial charge on any atom is -0.474 e. The Hall–Kier alpha value is -1.16. The number of rotatable bonds is 3. The number of hydrogen-bond donors (Lipinski definition) is 1. The van der Waals surface area contributed by atoms with E-state index in [1.54, 1.807) is 0 Å². The molecule has 0 amide bonds. The summed E-state index contributed by atoms with van der Waals surface area (Å²) in [6.07, 6.45) is 3.83. The van der Waals surface area contributed by atoms with Crippen LogP contribution >= 0.6 is 12.2 Å². The maximum absolute atomic E-state index is 5.70. The van der Waals surface area contributed by atoms with Gasteiger partial charge >= 0.3 is 0 Å². The van der Waals surface area contributed by atoms with Gasteiger partial charge in [0.05, 0.1) is 0 Å². The van der Waals surface area contributed by atoms with Crippen molar-refractivity contribution in [3.05, 3.63) is 23.4 Å². The second kappa shape index (κ2) is 4.14. The minimum absolute atomic E-state index is 0.332. The van der Waals surface area contributed by atoms with Gasteiger partial charge in [0.1, 0.15) is 11.1 Å². The Kier molecular flexibility index (Phi) is 2.86. The lowest BCUT2D eigenvalue weighted by Crippen LogP contribution is -2.25. The first-order valence-corrected chi connectivity index (χ1v) is 5.51. The Morgan fingerprint density at radius 3 is 2.80 bits per heavy atom. The molecule has 1 heterocycles. The molecule has 0 radical (unpaired) electrons. The molecule has 0 unspecified atom stereocenters. The predicted octanol–water partition coefficient (Wildman–Crippen LogP) is 1.96. The Morgan fingerprint density at radius 2 is 2.27 bits per heavy atom. The first-order chi connectivity index (χ1) is 7.15. The smallest absolute Gasteiger partial charge is 0.214 e. The SMILES string of the molecule is Cc1cc(C(N)=S)cc(OC2CCC2)n1. The first kappa shape index (κ1) is 10.4. The van der Waals surface area contributed by atoms with Gasteiger partial charge in [-0.05, 0) is 32.3 Å². The van der Waals surface area contributed by atoms with Crippen molar-refractivity contribution in [3.8, 4) is 5.88 Å². The number of thiocarbonyl (C=S) groups is 1. The molecule has 1 fully saturated rings. The van der Waals surface area contributed by atoms with Gasteiger partial charge in [-0.15, -0.1) is 0 Å². The monoisotopic (exact) mass is 222 g/mol. The van der Waals surface area contributed by atoms with E-state index in [9.17, 15) is 0 Å². The summed E-state index contributed by atoms with van der Waals surface area (Å²) in [5.74, 6) is 0.641. The van der Waals surface area contributed by atoms with Gasteiger partial charge in [-0.3, -0.25) is 0 Å². The van der Waals surface area contributed by atoms with Crippen LogP contribution < -0.4 is 10.5 Å². The molecule has 1 saturated carbocycles. The minimum atomic E-state index is 0.332. The molecule has 0 spiro atoms. The normalized spacial score (nSPS) is 15.8. The highest BCUT2D eigenvalue weighted by atomic mass is 32.1. The van der Waals surface area contributed by atoms with E-state index < -0.39 is 0 Å². The molecular weight excluding hydrogens is 208 g/mol. The topological polar surface area (TPSA) is 48.1 Å². The molecule has 0 saturated heterocycles. The van der Waals surface area contributed by atoms with Crippen LogP contribution in [0.3, 0.4) is 0 Å². The van der Waals surface area contributed by atoms with E-state index in [2.05, 4.69) is 4.98 Å². The lowest BCUT2D eigenvalue weighted by molar-refractivity contribution is 0.114. The molecule has 2 N–H and O–H groups in total. The Balaban J connectivity index is 2.18. The van der Waals surface area contributed by atoms with Crippen LogP contribution in [0.1, 0.15) is 30.5 Å². The lowest BCUT2D eigenvalue weighted by atomic mass is 9.96. The fourth-order valence-electron chi connectivity index (χ4n) is 1.50. The highest BCUT2D eigenvalue weighted by Crippen LogP contribution is 2.24. The molecule has 1 aliphatic rings. The largest absolute Gasteiger partial charge is 0.474 e. The Morgan fingerprint density at radius 1 is 1.53 bits per heavy atom. The summed E-state index contributed by atoms with van der Waals surface area (Å²) in [4.78, 5) is 4.69. The molecule has 0 aromatic carbocycles. The molecule has 3 nitrogen and oxygen atoms in total. The van der Waals surface area contributed by atoms with Gasteiger partial charge in [0.15, 0.2) is 0 Å². The van der Waals surface area contributed by atoms with Gasteiger partial charge in [-0.25, -0.2) is 4.98 Å². The van der Waals surface area contributed by atoms with Crippen LogP contribution in [0.2, 0.25) is 0 Å². The molecule has 1 aliphatic carbocycles. The second-order valence-corrected chi connectivity index (χ2v) is 4.31. The fraction of sp³-hybridized carbons (Fsp3) is 0.455. The van der Waals surface area contributed by atoms with Crippen molar-refractivity contribution >= 4 is 17.2 Å². The molecule has 1 aromatic rings. The highest BCUT2D eigenvalue weighted by molar-refractivity contribution is 7.80. The average molecular weight is 222 g/mol. The van der Waals surface area contributed by atoms with E-state index in [0.29, 0.717) is 17.0 Å². The quantitative estimate of drug-likeness (QED) is 0.794. The number of nitrogens with two attached hydrogens (primary N) is 1. The molecule has 1 aromatic heterocycles. The van der Waals surface area contributed by atoms with Gasteiger partial charge in [0.2, 0.25) is 5.88 Å². The van der Waals surface area contributed by atoms with Gasteiger partial charge in [0.25, 0.3) is 0 Å². The molecule has 0 aliphatic heterocycles. The summed E-state index contributed by atoms with van der Waals surface area (Å²) in [6, 6.07) is 3.68. The van der Waals surface area contributed by atoms with Gasteiger partial charge in [0, 0.05) is 17.3 Å². The molecule has 80 valence electrons. The number of nitrogens with zero attached hydrogens (tertiary/aromatic N) is 1. The van der Waals surface area contributed by atoms with Gasteiger partial charge < -0.3 is 10.5 Å². The molecule has 15 heavy (non-hydrogen) atoms. The van der Waals surface area contributed by atoms with Crippen LogP contribution in [0, 0.1) is 6.92 Å². The first-order valence-electron chi connectivity index (χ1n) is 5.10. The molecule has 4 heteroatoms. The van der Waals surface area contributed by atoms with Crippen LogP contribution in [-0.4, -0.2) is 16.1 Å². The zero-order chi connectivity index (χ0) is 10.8. The van der Waals surface area contributed by atoms with E-state index in [1.807, 2.05) is 19.1 Å². The van der Waals surface area contributed by atoms with Crippen LogP contribution in [0.4, 0.5) is 0 Å². The van der Waals surface area contributed by atoms with Crippen molar-refractivity contribution in [2.24, 2.45) is 5.73 Å². The van der Waals surface area contributed by atoms with Crippen molar-refractivity contribution in [2.75, 3.05) is 0 Å². The predicted molar refractivity (Wildman–Crippen MR) is 63.1 cm³/mol. The lowest BCUT2D eigenvalue weighted by Gasteiger charge is -2.25. The van der Waals surface area contributed by atoms with E-state index >= 15 is 0 Å². The molecule has 0 bridgehead atoms. The number of hydrogen-bond acceptors (Lipinski definition) is 3. The third-order valence-corrected chi connectivity index (χ3v) is 2.79. The standard InChI is InChI=1S/C11H14N2OS/c1-7-5-8(11(12)15)6-10(13-7)14-9-3-2-4-9/h5-6,9H,2-4H2,1H3,(H2,12,15). The Labute approximate surface area is 94.6 Å². The average Bonchev–Trinajstić information content (AvgIpc) is 2.10. The summed E-state index contributed by atoms with van der Waals surface area (Å²) < 4.78 is 5.70. The molecule has 0 atom stereocenters. The third-order valence-electron chi connectivity index (χ3n) is 2.55. The summed E-state index contributed by atoms with van der Waals surface area (Å²) in [6.45, 7) is 1.91. The van der Waals surface area contributed by atoms with Gasteiger partial charge in [-0.1, -0.05) is 12.2 Å². The summed E-state index contributed by atoms with van der Waals surface area (Å²) in [5.41, 5.74) is 7.29. The Bertz CT molecular complexity index is 388. The van der Waals surface area contributed by atoms with Crippen molar-refractivity contribution in [3.63, 3.8) is 0 Å². The number of pyridine rings is 1. The number of aryl methyl sites for hydroxylation is 1. The number of aromatic nitrogens is 1. The summed E-state index contributed by atoms with van der Waals surface area (Å²) >= 11 is 4.93. The number of ether oxygens (including phenoxy) is 1. The maximum Gasteiger partial charge on any atom is 0.214 e. The maximum atomic E-state index is 5.70. The van der Waals surface area contributed by atoms with Crippen LogP contribution in [0.15, 0.2) is 12.1 Å². The van der Waals surface area contributed by atoms with E-state index in [-0.39, 0.29) is 0 Å². The molecule has 2 rings (SSSR count). The van der Waals surface area contributed by atoms with Crippen LogP contribution in [0.25, 0.3) is 0 Å². The van der Waals surface area contributed by atoms with Crippen LogP contribution in [0.5, 0.6) is 5.88 Å². The van der Waals surface area contributed by atoms with Crippen molar-refractivity contribution < 1.29 is 4.74 Å². The fourth-order valence-corrected chi connectivity index (χ4v) is 1.62. The summed E-state index contributed by atoms with van der Waals surface area (Å²) in [7, 11) is 0. The third kappa shape index (κ3) is 2.45. The molecular formula is C11H14N2OS. The van der Waals surface area contributed by atoms with E-state index in [1.165, 1.54) is 6.42 Å². The zero-order valence-corrected chi connectivity index (χ0v) is 9.51. The second-order valence-electron chi connectivity index (χ2n) is 3.87. The van der Waals surface area contributed by atoms with E-state index in [0.717, 1.165) is 24.1 Å². The van der Waals surface area contributed by atoms with Crippen molar-refractivity contribution in [1.82, 2.24) is 4.98 Å². The van der Waals surface area contributed by atoms with Crippen LogP contribution in [-0.2, 0) is 0 Å². The van der Waals surface area contributed by atoms with Gasteiger partial charge in [-0.2, -0.15) is 0 Å². The van der Waals surface area contributed by atoms with Crippen molar-refractivity contribution in [1.29, 1.82) is 0 Å². The highest BCUT2D eigenvalue weighted by Gasteiger charge is 2.19. The summed E-state index contributed by atoms with van der Waals surface area (Å²) in [5, 5.41) is 0. The van der Waals surface area contributed by atoms with Crippen molar-refractivity contribution in [2.45, 2.75) is 32.3 Å². The zero-order valence-electron chi connectivity index (χ0n) is 8.69. The van der Waals surface area contributed by atoms with E-state index in [4.69, 9.17) is 22.7 Å².